The summed E-state index contributed by atoms with van der Waals surface area (Å²) in [6, 6.07) is 7.38. The van der Waals surface area contributed by atoms with E-state index >= 15 is 0 Å². The first-order valence-corrected chi connectivity index (χ1v) is 8.26. The number of ether oxygens (including phenoxy) is 1. The Bertz CT molecular complexity index is 742. The minimum absolute atomic E-state index is 0.168. The van der Waals surface area contributed by atoms with Crippen LogP contribution in [0.1, 0.15) is 23.0 Å². The molecule has 24 heavy (non-hydrogen) atoms. The van der Waals surface area contributed by atoms with E-state index in [1.54, 1.807) is 17.5 Å². The lowest BCUT2D eigenvalue weighted by atomic mass is 10.2. The standard InChI is InChI=1S/C17H19N3O3S/c1-4-8-18-17-20-14(10-24-17)16(22)23-12(3)15(21)19-13-7-5-6-11(2)9-13/h4-7,9-10,12H,1,8H2,2-3H3,(H,18,20)(H,19,21)/t12-/m1/s1. The van der Waals surface area contributed by atoms with E-state index in [0.717, 1.165) is 5.56 Å². The maximum absolute atomic E-state index is 12.1. The maximum atomic E-state index is 12.1. The third kappa shape index (κ3) is 4.92. The smallest absolute Gasteiger partial charge is 0.358 e. The number of thiazole rings is 1. The van der Waals surface area contributed by atoms with Crippen LogP contribution in [0.25, 0.3) is 0 Å². The summed E-state index contributed by atoms with van der Waals surface area (Å²) < 4.78 is 5.16. The molecule has 1 aromatic heterocycles. The van der Waals surface area contributed by atoms with Gasteiger partial charge < -0.3 is 15.4 Å². The summed E-state index contributed by atoms with van der Waals surface area (Å²) in [5, 5.41) is 7.88. The third-order valence-corrected chi connectivity index (χ3v) is 3.85. The Morgan fingerprint density at radius 1 is 1.46 bits per heavy atom. The second kappa shape index (κ2) is 8.26. The fraction of sp³-hybridized carbons (Fsp3) is 0.235. The first kappa shape index (κ1) is 17.7. The van der Waals surface area contributed by atoms with Gasteiger partial charge in [0.1, 0.15) is 0 Å². The zero-order valence-electron chi connectivity index (χ0n) is 13.5. The lowest BCUT2D eigenvalue weighted by Crippen LogP contribution is -2.30. The van der Waals surface area contributed by atoms with Crippen LogP contribution in [0.3, 0.4) is 0 Å². The number of rotatable bonds is 7. The van der Waals surface area contributed by atoms with Crippen LogP contribution in [0, 0.1) is 6.92 Å². The Hall–Kier alpha value is -2.67. The van der Waals surface area contributed by atoms with Gasteiger partial charge in [-0.1, -0.05) is 18.2 Å². The number of hydrogen-bond donors (Lipinski definition) is 2. The molecule has 1 atom stereocenters. The van der Waals surface area contributed by atoms with Gasteiger partial charge in [-0.2, -0.15) is 0 Å². The van der Waals surface area contributed by atoms with Crippen molar-refractivity contribution >= 4 is 34.0 Å². The van der Waals surface area contributed by atoms with Gasteiger partial charge in [0.25, 0.3) is 5.91 Å². The van der Waals surface area contributed by atoms with Crippen molar-refractivity contribution in [3.63, 3.8) is 0 Å². The molecule has 126 valence electrons. The summed E-state index contributed by atoms with van der Waals surface area (Å²) in [6.07, 6.45) is 0.765. The molecule has 0 saturated heterocycles. The third-order valence-electron chi connectivity index (χ3n) is 3.05. The van der Waals surface area contributed by atoms with Crippen LogP contribution in [0.5, 0.6) is 0 Å². The van der Waals surface area contributed by atoms with Gasteiger partial charge in [0, 0.05) is 17.6 Å². The van der Waals surface area contributed by atoms with E-state index in [2.05, 4.69) is 22.2 Å². The zero-order valence-corrected chi connectivity index (χ0v) is 14.4. The molecule has 1 amide bonds. The Labute approximate surface area is 144 Å². The van der Waals surface area contributed by atoms with Crippen molar-refractivity contribution in [2.75, 3.05) is 17.2 Å². The second-order valence-electron chi connectivity index (χ2n) is 5.11. The van der Waals surface area contributed by atoms with Crippen LogP contribution < -0.4 is 10.6 Å². The van der Waals surface area contributed by atoms with E-state index in [1.165, 1.54) is 18.3 Å². The van der Waals surface area contributed by atoms with E-state index in [0.29, 0.717) is 17.4 Å². The summed E-state index contributed by atoms with van der Waals surface area (Å²) in [5.41, 5.74) is 1.86. The highest BCUT2D eigenvalue weighted by Crippen LogP contribution is 2.17. The van der Waals surface area contributed by atoms with E-state index in [-0.39, 0.29) is 5.69 Å². The molecule has 0 aliphatic rings. The molecule has 6 nitrogen and oxygen atoms in total. The Kier molecular flexibility index (Phi) is 6.08. The number of nitrogens with zero attached hydrogens (tertiary/aromatic N) is 1. The zero-order chi connectivity index (χ0) is 17.5. The van der Waals surface area contributed by atoms with Crippen molar-refractivity contribution in [3.05, 3.63) is 53.6 Å². The number of carbonyl (C=O) groups is 2. The number of anilines is 2. The highest BCUT2D eigenvalue weighted by atomic mass is 32.1. The molecular formula is C17H19N3O3S. The van der Waals surface area contributed by atoms with Crippen molar-refractivity contribution in [2.24, 2.45) is 0 Å². The van der Waals surface area contributed by atoms with E-state index in [4.69, 9.17) is 4.74 Å². The van der Waals surface area contributed by atoms with Crippen LogP contribution in [0.2, 0.25) is 0 Å². The van der Waals surface area contributed by atoms with Gasteiger partial charge in [0.2, 0.25) is 0 Å². The molecule has 2 aromatic rings. The number of carbonyl (C=O) groups excluding carboxylic acids is 2. The Morgan fingerprint density at radius 3 is 2.96 bits per heavy atom. The fourth-order valence-corrected chi connectivity index (χ4v) is 2.54. The Morgan fingerprint density at radius 2 is 2.25 bits per heavy atom. The molecule has 0 saturated carbocycles. The average molecular weight is 345 g/mol. The highest BCUT2D eigenvalue weighted by Gasteiger charge is 2.21. The highest BCUT2D eigenvalue weighted by molar-refractivity contribution is 7.13. The number of amides is 1. The van der Waals surface area contributed by atoms with E-state index in [1.807, 2.05) is 25.1 Å². The normalized spacial score (nSPS) is 11.4. The van der Waals surface area contributed by atoms with Crippen LogP contribution in [0.15, 0.2) is 42.3 Å². The summed E-state index contributed by atoms with van der Waals surface area (Å²) in [6.45, 7) is 7.60. The lowest BCUT2D eigenvalue weighted by Gasteiger charge is -2.13. The van der Waals surface area contributed by atoms with Crippen molar-refractivity contribution < 1.29 is 14.3 Å². The first-order chi connectivity index (χ1) is 11.5. The van der Waals surface area contributed by atoms with Gasteiger partial charge in [-0.25, -0.2) is 9.78 Å². The average Bonchev–Trinajstić information content (AvgIpc) is 3.01. The molecule has 1 heterocycles. The molecular weight excluding hydrogens is 326 g/mol. The van der Waals surface area contributed by atoms with Crippen molar-refractivity contribution in [3.8, 4) is 0 Å². The fourth-order valence-electron chi connectivity index (χ4n) is 1.85. The number of hydrogen-bond acceptors (Lipinski definition) is 6. The molecule has 0 bridgehead atoms. The SMILES string of the molecule is C=CCNc1nc(C(=O)O[C@H](C)C(=O)Nc2cccc(C)c2)cs1. The van der Waals surface area contributed by atoms with Gasteiger partial charge >= 0.3 is 5.97 Å². The predicted octanol–water partition coefficient (Wildman–Crippen LogP) is 3.23. The Balaban J connectivity index is 1.91. The quantitative estimate of drug-likeness (QED) is 0.595. The number of esters is 1. The van der Waals surface area contributed by atoms with Crippen molar-refractivity contribution in [1.29, 1.82) is 0 Å². The van der Waals surface area contributed by atoms with Crippen LogP contribution in [0.4, 0.5) is 10.8 Å². The molecule has 0 aliphatic carbocycles. The molecule has 0 aliphatic heterocycles. The van der Waals surface area contributed by atoms with E-state index in [9.17, 15) is 9.59 Å². The summed E-state index contributed by atoms with van der Waals surface area (Å²) in [7, 11) is 0. The number of benzene rings is 1. The van der Waals surface area contributed by atoms with Crippen molar-refractivity contribution in [2.45, 2.75) is 20.0 Å². The summed E-state index contributed by atoms with van der Waals surface area (Å²) >= 11 is 1.29. The van der Waals surface area contributed by atoms with Gasteiger partial charge in [-0.15, -0.1) is 17.9 Å². The summed E-state index contributed by atoms with van der Waals surface area (Å²) in [4.78, 5) is 28.3. The largest absolute Gasteiger partial charge is 0.448 e. The van der Waals surface area contributed by atoms with E-state index < -0.39 is 18.0 Å². The van der Waals surface area contributed by atoms with Gasteiger partial charge in [-0.05, 0) is 31.5 Å². The van der Waals surface area contributed by atoms with Gasteiger partial charge in [-0.3, -0.25) is 4.79 Å². The molecule has 7 heteroatoms. The minimum atomic E-state index is -0.927. The molecule has 0 radical (unpaired) electrons. The topological polar surface area (TPSA) is 80.3 Å². The minimum Gasteiger partial charge on any atom is -0.448 e. The monoisotopic (exact) mass is 345 g/mol. The molecule has 2 rings (SSSR count). The first-order valence-electron chi connectivity index (χ1n) is 7.38. The van der Waals surface area contributed by atoms with Crippen molar-refractivity contribution in [1.82, 2.24) is 4.98 Å². The summed E-state index contributed by atoms with van der Waals surface area (Å²) in [5.74, 6) is -1.03. The van der Waals surface area contributed by atoms with Crippen LogP contribution in [-0.4, -0.2) is 29.5 Å². The number of aromatic nitrogens is 1. The van der Waals surface area contributed by atoms with Crippen LogP contribution >= 0.6 is 11.3 Å². The molecule has 1 aromatic carbocycles. The number of nitrogens with one attached hydrogen (secondary N) is 2. The molecule has 2 N–H and O–H groups in total. The van der Waals surface area contributed by atoms with Gasteiger partial charge in [0.15, 0.2) is 16.9 Å². The lowest BCUT2D eigenvalue weighted by molar-refractivity contribution is -0.123. The predicted molar refractivity (Wildman–Crippen MR) is 95.5 cm³/mol. The maximum Gasteiger partial charge on any atom is 0.358 e. The molecule has 0 spiro atoms. The van der Waals surface area contributed by atoms with Gasteiger partial charge in [0.05, 0.1) is 0 Å². The molecule has 0 unspecified atom stereocenters. The van der Waals surface area contributed by atoms with Crippen LogP contribution in [-0.2, 0) is 9.53 Å². The number of aryl methyl sites for hydroxylation is 1. The molecule has 0 fully saturated rings. The second-order valence-corrected chi connectivity index (χ2v) is 5.97.